The van der Waals surface area contributed by atoms with Gasteiger partial charge in [-0.3, -0.25) is 0 Å². The lowest BCUT2D eigenvalue weighted by Crippen LogP contribution is -2.36. The Kier molecular flexibility index (Phi) is 4.88. The van der Waals surface area contributed by atoms with Crippen LogP contribution in [0.2, 0.25) is 0 Å². The topological polar surface area (TPSA) is 90.4 Å². The Morgan fingerprint density at radius 1 is 1.06 bits per heavy atom. The van der Waals surface area contributed by atoms with Crippen LogP contribution in [-0.2, 0) is 4.74 Å². The van der Waals surface area contributed by atoms with Crippen LogP contribution in [0.15, 0.2) is 49.1 Å². The van der Waals surface area contributed by atoms with Gasteiger partial charge in [0.1, 0.15) is 11.8 Å². The highest BCUT2D eigenvalue weighted by atomic mass is 16.5. The second-order valence-electron chi connectivity index (χ2n) is 8.50. The number of morpholine rings is 1. The number of aromatic amines is 1. The Hall–Kier alpha value is -3.23. The number of hydrogen-bond donors (Lipinski definition) is 2. The molecule has 2 aliphatic heterocycles. The van der Waals surface area contributed by atoms with E-state index in [9.17, 15) is 5.11 Å². The average Bonchev–Trinajstić information content (AvgIpc) is 3.53. The van der Waals surface area contributed by atoms with E-state index < -0.39 is 6.10 Å². The van der Waals surface area contributed by atoms with Crippen molar-refractivity contribution in [1.82, 2.24) is 19.9 Å². The molecule has 0 amide bonds. The smallest absolute Gasteiger partial charge is 0.162 e. The second kappa shape index (κ2) is 8.03. The van der Waals surface area contributed by atoms with E-state index >= 15 is 0 Å². The molecule has 32 heavy (non-hydrogen) atoms. The molecule has 2 fully saturated rings. The lowest BCUT2D eigenvalue weighted by molar-refractivity contribution is 0.122. The number of H-pyrrole nitrogens is 1. The molecular formula is C24H26N6O2. The lowest BCUT2D eigenvalue weighted by Gasteiger charge is -2.31. The molecular weight excluding hydrogens is 404 g/mol. The van der Waals surface area contributed by atoms with Crippen LogP contribution in [0.4, 0.5) is 11.5 Å². The molecule has 8 heteroatoms. The minimum absolute atomic E-state index is 0.0672. The van der Waals surface area contributed by atoms with Gasteiger partial charge in [-0.25, -0.2) is 15.0 Å². The van der Waals surface area contributed by atoms with Gasteiger partial charge in [-0.1, -0.05) is 24.3 Å². The van der Waals surface area contributed by atoms with Crippen LogP contribution in [0.3, 0.4) is 0 Å². The summed E-state index contributed by atoms with van der Waals surface area (Å²) in [6, 6.07) is 12.7. The van der Waals surface area contributed by atoms with Gasteiger partial charge < -0.3 is 24.6 Å². The lowest BCUT2D eigenvalue weighted by atomic mass is 9.94. The molecule has 2 saturated heterocycles. The molecule has 2 aromatic heterocycles. The summed E-state index contributed by atoms with van der Waals surface area (Å²) in [5.74, 6) is 0.784. The zero-order valence-electron chi connectivity index (χ0n) is 17.8. The quantitative estimate of drug-likeness (QED) is 0.514. The van der Waals surface area contributed by atoms with Gasteiger partial charge in [-0.05, 0) is 41.3 Å². The van der Waals surface area contributed by atoms with E-state index in [1.807, 2.05) is 6.07 Å². The molecule has 8 nitrogen and oxygen atoms in total. The molecule has 0 radical (unpaired) electrons. The van der Waals surface area contributed by atoms with Gasteiger partial charge >= 0.3 is 0 Å². The van der Waals surface area contributed by atoms with Crippen molar-refractivity contribution in [2.45, 2.75) is 25.0 Å². The molecule has 0 aliphatic carbocycles. The normalized spacial score (nSPS) is 20.3. The van der Waals surface area contributed by atoms with Crippen LogP contribution in [-0.4, -0.2) is 63.9 Å². The molecule has 4 aromatic rings. The number of aromatic nitrogens is 4. The number of nitrogens with one attached hydrogen (secondary N) is 1. The number of fused-ring (bicyclic) bond motifs is 2. The van der Waals surface area contributed by atoms with Crippen LogP contribution < -0.4 is 9.80 Å². The van der Waals surface area contributed by atoms with E-state index in [1.165, 1.54) is 5.69 Å². The Morgan fingerprint density at radius 3 is 2.88 bits per heavy atom. The Balaban J connectivity index is 1.38. The Morgan fingerprint density at radius 2 is 1.97 bits per heavy atom. The number of imidazole rings is 1. The fourth-order valence-electron chi connectivity index (χ4n) is 5.11. The number of aliphatic hydroxyl groups excluding tert-OH is 1. The van der Waals surface area contributed by atoms with E-state index in [-0.39, 0.29) is 6.04 Å². The second-order valence-corrected chi connectivity index (χ2v) is 8.50. The van der Waals surface area contributed by atoms with Crippen molar-refractivity contribution in [2.24, 2.45) is 0 Å². The molecule has 1 unspecified atom stereocenters. The van der Waals surface area contributed by atoms with Gasteiger partial charge in [0, 0.05) is 25.3 Å². The van der Waals surface area contributed by atoms with Gasteiger partial charge in [0.25, 0.3) is 0 Å². The number of rotatable bonds is 4. The van der Waals surface area contributed by atoms with Gasteiger partial charge in [0.15, 0.2) is 11.5 Å². The third-order valence-electron chi connectivity index (χ3n) is 6.73. The zero-order valence-corrected chi connectivity index (χ0v) is 17.8. The van der Waals surface area contributed by atoms with Crippen LogP contribution in [0, 0.1) is 0 Å². The fraction of sp³-hybridized carbons (Fsp3) is 0.375. The molecule has 6 rings (SSSR count). The molecule has 0 spiro atoms. The average molecular weight is 431 g/mol. The molecule has 2 aliphatic rings. The highest BCUT2D eigenvalue weighted by Crippen LogP contribution is 2.37. The summed E-state index contributed by atoms with van der Waals surface area (Å²) in [7, 11) is 0. The van der Waals surface area contributed by atoms with Crippen molar-refractivity contribution in [1.29, 1.82) is 0 Å². The van der Waals surface area contributed by atoms with Crippen LogP contribution in [0.25, 0.3) is 21.9 Å². The minimum atomic E-state index is -0.634. The monoisotopic (exact) mass is 430 g/mol. The SMILES string of the molecule is OC(c1cccc2ccc(N3CCOCC3)cc12)[C@H]1CCCN1c1ncnc2[nH]cnc12. The molecule has 4 heterocycles. The van der Waals surface area contributed by atoms with Crippen molar-refractivity contribution in [3.8, 4) is 0 Å². The number of anilines is 2. The molecule has 164 valence electrons. The summed E-state index contributed by atoms with van der Waals surface area (Å²) in [5.41, 5.74) is 3.61. The van der Waals surface area contributed by atoms with Crippen molar-refractivity contribution in [3.05, 3.63) is 54.6 Å². The van der Waals surface area contributed by atoms with Gasteiger partial charge in [-0.15, -0.1) is 0 Å². The Labute approximate surface area is 185 Å². The number of benzene rings is 2. The van der Waals surface area contributed by atoms with Gasteiger partial charge in [0.05, 0.1) is 31.7 Å². The van der Waals surface area contributed by atoms with E-state index in [2.05, 4.69) is 60.1 Å². The molecule has 2 N–H and O–H groups in total. The number of hydrogen-bond acceptors (Lipinski definition) is 7. The summed E-state index contributed by atoms with van der Waals surface area (Å²) in [6.45, 7) is 4.12. The number of ether oxygens (including phenoxy) is 1. The maximum Gasteiger partial charge on any atom is 0.162 e. The highest BCUT2D eigenvalue weighted by molar-refractivity contribution is 5.89. The summed E-state index contributed by atoms with van der Waals surface area (Å²) in [6.07, 6.45) is 4.47. The maximum absolute atomic E-state index is 11.6. The largest absolute Gasteiger partial charge is 0.386 e. The predicted molar refractivity (Wildman–Crippen MR) is 124 cm³/mol. The zero-order chi connectivity index (χ0) is 21.5. The first-order valence-electron chi connectivity index (χ1n) is 11.2. The van der Waals surface area contributed by atoms with Crippen LogP contribution in [0.5, 0.6) is 0 Å². The first-order chi connectivity index (χ1) is 15.8. The van der Waals surface area contributed by atoms with Crippen LogP contribution >= 0.6 is 0 Å². The predicted octanol–water partition coefficient (Wildman–Crippen LogP) is 3.05. The van der Waals surface area contributed by atoms with Crippen molar-refractivity contribution in [3.63, 3.8) is 0 Å². The van der Waals surface area contributed by atoms with Gasteiger partial charge in [-0.2, -0.15) is 0 Å². The summed E-state index contributed by atoms with van der Waals surface area (Å²) >= 11 is 0. The minimum Gasteiger partial charge on any atom is -0.386 e. The summed E-state index contributed by atoms with van der Waals surface area (Å²) in [5, 5.41) is 13.9. The first-order valence-corrected chi connectivity index (χ1v) is 11.2. The third-order valence-corrected chi connectivity index (χ3v) is 6.73. The fourth-order valence-corrected chi connectivity index (χ4v) is 5.11. The third kappa shape index (κ3) is 3.27. The van der Waals surface area contributed by atoms with E-state index in [4.69, 9.17) is 4.74 Å². The van der Waals surface area contributed by atoms with Crippen molar-refractivity contribution < 1.29 is 9.84 Å². The molecule has 2 aromatic carbocycles. The van der Waals surface area contributed by atoms with E-state index in [1.54, 1.807) is 12.7 Å². The van der Waals surface area contributed by atoms with E-state index in [0.29, 0.717) is 0 Å². The number of aliphatic hydroxyl groups is 1. The highest BCUT2D eigenvalue weighted by Gasteiger charge is 2.34. The Bertz CT molecular complexity index is 1250. The molecule has 0 bridgehead atoms. The maximum atomic E-state index is 11.6. The summed E-state index contributed by atoms with van der Waals surface area (Å²) < 4.78 is 5.51. The molecule has 2 atom stereocenters. The molecule has 0 saturated carbocycles. The number of nitrogens with zero attached hydrogens (tertiary/aromatic N) is 5. The summed E-state index contributed by atoms with van der Waals surface area (Å²) in [4.78, 5) is 20.8. The van der Waals surface area contributed by atoms with Crippen molar-refractivity contribution >= 4 is 33.4 Å². The van der Waals surface area contributed by atoms with E-state index in [0.717, 1.165) is 79.0 Å². The van der Waals surface area contributed by atoms with Crippen molar-refractivity contribution in [2.75, 3.05) is 42.6 Å². The first kappa shape index (κ1) is 19.5. The van der Waals surface area contributed by atoms with Gasteiger partial charge in [0.2, 0.25) is 0 Å². The van der Waals surface area contributed by atoms with Crippen LogP contribution in [0.1, 0.15) is 24.5 Å². The standard InChI is InChI=1S/C24H26N6O2/c31-22(20-5-2-8-30(20)24-21-23(26-14-25-21)27-15-28-24)18-4-1-3-16-6-7-17(13-19(16)18)29-9-11-32-12-10-29/h1,3-4,6-7,13-15,20,22,31H,2,5,8-12H2,(H,25,26,27,28)/t20-,22?/m1/s1.